The molecule has 2 aliphatic rings. The van der Waals surface area contributed by atoms with Crippen LogP contribution in [-0.4, -0.2) is 41.5 Å². The Bertz CT molecular complexity index is 602. The summed E-state index contributed by atoms with van der Waals surface area (Å²) < 4.78 is 13.6. The first kappa shape index (κ1) is 17.2. The van der Waals surface area contributed by atoms with Gasteiger partial charge < -0.3 is 9.80 Å². The molecule has 24 heavy (non-hydrogen) atoms. The van der Waals surface area contributed by atoms with Crippen molar-refractivity contribution in [2.24, 2.45) is 5.41 Å². The largest absolute Gasteiger partial charge is 0.325 e. The van der Waals surface area contributed by atoms with Crippen molar-refractivity contribution < 1.29 is 9.18 Å². The van der Waals surface area contributed by atoms with E-state index in [4.69, 9.17) is 0 Å². The summed E-state index contributed by atoms with van der Waals surface area (Å²) in [5.74, 6) is -0.183. The van der Waals surface area contributed by atoms with Crippen LogP contribution in [0, 0.1) is 11.2 Å². The molecule has 132 valence electrons. The number of likely N-dealkylation sites (tertiary alicyclic amines) is 1. The number of nitrogens with zero attached hydrogens (tertiary/aromatic N) is 2. The molecule has 3 nitrogen and oxygen atoms in total. The van der Waals surface area contributed by atoms with Crippen molar-refractivity contribution in [1.29, 1.82) is 0 Å². The molecule has 1 atom stereocenters. The van der Waals surface area contributed by atoms with Gasteiger partial charge in [-0.2, -0.15) is 0 Å². The molecule has 2 amide bonds. The third-order valence-electron chi connectivity index (χ3n) is 5.45. The highest BCUT2D eigenvalue weighted by Gasteiger charge is 2.37. The Morgan fingerprint density at radius 2 is 1.79 bits per heavy atom. The van der Waals surface area contributed by atoms with Crippen molar-refractivity contribution in [3.05, 3.63) is 35.1 Å². The maximum Gasteiger partial charge on any atom is 0.320 e. The number of piperidine rings is 1. The standard InChI is InChI=1S/C20H29FN2O/c1-20(2,3)18-14-15-7-8-17(21)13-16(15)9-12-23(18)19(24)22-10-5-4-6-11-22/h7-8,13,18H,4-6,9-12,14H2,1-3H3. The normalized spacial score (nSPS) is 22.1. The van der Waals surface area contributed by atoms with E-state index in [2.05, 4.69) is 25.7 Å². The second-order valence-electron chi connectivity index (χ2n) is 8.27. The van der Waals surface area contributed by atoms with Gasteiger partial charge >= 0.3 is 6.03 Å². The number of rotatable bonds is 0. The minimum absolute atomic E-state index is 0.0125. The van der Waals surface area contributed by atoms with Gasteiger partial charge in [0, 0.05) is 25.7 Å². The van der Waals surface area contributed by atoms with E-state index < -0.39 is 0 Å². The molecule has 0 spiro atoms. The number of hydrogen-bond acceptors (Lipinski definition) is 1. The SMILES string of the molecule is CC(C)(C)C1Cc2ccc(F)cc2CCN1C(=O)N1CCCCC1. The molecule has 1 unspecified atom stereocenters. The lowest BCUT2D eigenvalue weighted by Crippen LogP contribution is -2.54. The maximum absolute atomic E-state index is 13.6. The van der Waals surface area contributed by atoms with Gasteiger partial charge in [0.05, 0.1) is 0 Å². The molecule has 0 N–H and O–H groups in total. The van der Waals surface area contributed by atoms with Crippen LogP contribution in [0.2, 0.25) is 0 Å². The Kier molecular flexibility index (Phi) is 4.84. The lowest BCUT2D eigenvalue weighted by molar-refractivity contribution is 0.0884. The lowest BCUT2D eigenvalue weighted by atomic mass is 9.82. The number of halogens is 1. The fraction of sp³-hybridized carbons (Fsp3) is 0.650. The third-order valence-corrected chi connectivity index (χ3v) is 5.45. The molecule has 0 radical (unpaired) electrons. The Hall–Kier alpha value is -1.58. The summed E-state index contributed by atoms with van der Waals surface area (Å²) in [7, 11) is 0. The quantitative estimate of drug-likeness (QED) is 0.697. The molecule has 1 saturated heterocycles. The average molecular weight is 332 g/mol. The van der Waals surface area contributed by atoms with E-state index in [1.165, 1.54) is 12.0 Å². The van der Waals surface area contributed by atoms with Crippen molar-refractivity contribution in [2.45, 2.75) is 58.9 Å². The summed E-state index contributed by atoms with van der Waals surface area (Å²) in [5, 5.41) is 0. The summed E-state index contributed by atoms with van der Waals surface area (Å²) in [6, 6.07) is 5.39. The van der Waals surface area contributed by atoms with Gasteiger partial charge in [-0.15, -0.1) is 0 Å². The number of hydrogen-bond donors (Lipinski definition) is 0. The topological polar surface area (TPSA) is 23.6 Å². The number of carbonyl (C=O) groups is 1. The van der Waals surface area contributed by atoms with Gasteiger partial charge in [0.1, 0.15) is 5.82 Å². The Morgan fingerprint density at radius 3 is 2.46 bits per heavy atom. The smallest absolute Gasteiger partial charge is 0.320 e. The lowest BCUT2D eigenvalue weighted by Gasteiger charge is -2.42. The van der Waals surface area contributed by atoms with Gasteiger partial charge in [-0.25, -0.2) is 9.18 Å². The van der Waals surface area contributed by atoms with Crippen LogP contribution in [0.5, 0.6) is 0 Å². The minimum atomic E-state index is -0.183. The maximum atomic E-state index is 13.6. The first-order valence-corrected chi connectivity index (χ1v) is 9.19. The Balaban J connectivity index is 1.88. The first-order valence-electron chi connectivity index (χ1n) is 9.19. The molecule has 2 heterocycles. The molecule has 0 aromatic heterocycles. The highest BCUT2D eigenvalue weighted by molar-refractivity contribution is 5.75. The van der Waals surface area contributed by atoms with Crippen LogP contribution >= 0.6 is 0 Å². The first-order chi connectivity index (χ1) is 11.4. The van der Waals surface area contributed by atoms with E-state index in [-0.39, 0.29) is 23.3 Å². The zero-order chi connectivity index (χ0) is 17.3. The molecule has 3 rings (SSSR count). The zero-order valence-corrected chi connectivity index (χ0v) is 15.1. The van der Waals surface area contributed by atoms with E-state index in [1.54, 1.807) is 12.1 Å². The van der Waals surface area contributed by atoms with Crippen LogP contribution in [0.1, 0.15) is 51.2 Å². The monoisotopic (exact) mass is 332 g/mol. The van der Waals surface area contributed by atoms with Gasteiger partial charge in [-0.1, -0.05) is 26.8 Å². The van der Waals surface area contributed by atoms with E-state index in [0.717, 1.165) is 44.3 Å². The van der Waals surface area contributed by atoms with Gasteiger partial charge in [0.25, 0.3) is 0 Å². The molecule has 0 bridgehead atoms. The van der Waals surface area contributed by atoms with Crippen molar-refractivity contribution in [3.8, 4) is 0 Å². The van der Waals surface area contributed by atoms with E-state index in [0.29, 0.717) is 6.54 Å². The van der Waals surface area contributed by atoms with E-state index >= 15 is 0 Å². The van der Waals surface area contributed by atoms with Crippen LogP contribution in [0.25, 0.3) is 0 Å². The summed E-state index contributed by atoms with van der Waals surface area (Å²) in [4.78, 5) is 17.2. The molecule has 4 heteroatoms. The summed E-state index contributed by atoms with van der Waals surface area (Å²) >= 11 is 0. The second kappa shape index (κ2) is 6.73. The number of carbonyl (C=O) groups excluding carboxylic acids is 1. The van der Waals surface area contributed by atoms with Crippen LogP contribution < -0.4 is 0 Å². The van der Waals surface area contributed by atoms with E-state index in [9.17, 15) is 9.18 Å². The number of fused-ring (bicyclic) bond motifs is 1. The van der Waals surface area contributed by atoms with Crippen LogP contribution in [0.4, 0.5) is 9.18 Å². The predicted octanol–water partition coefficient (Wildman–Crippen LogP) is 4.25. The summed E-state index contributed by atoms with van der Waals surface area (Å²) in [6.07, 6.45) is 4.96. The number of urea groups is 1. The molecular formula is C20H29FN2O. The van der Waals surface area contributed by atoms with Crippen LogP contribution in [0.15, 0.2) is 18.2 Å². The number of amides is 2. The summed E-state index contributed by atoms with van der Waals surface area (Å²) in [6.45, 7) is 9.00. The van der Waals surface area contributed by atoms with Crippen molar-refractivity contribution in [3.63, 3.8) is 0 Å². The fourth-order valence-corrected chi connectivity index (χ4v) is 4.01. The van der Waals surface area contributed by atoms with Gasteiger partial charge in [0.15, 0.2) is 0 Å². The van der Waals surface area contributed by atoms with Crippen molar-refractivity contribution in [2.75, 3.05) is 19.6 Å². The Labute approximate surface area is 144 Å². The van der Waals surface area contributed by atoms with Gasteiger partial charge in [0.2, 0.25) is 0 Å². The summed E-state index contributed by atoms with van der Waals surface area (Å²) in [5.41, 5.74) is 2.23. The molecule has 1 fully saturated rings. The van der Waals surface area contributed by atoms with Gasteiger partial charge in [-0.05, 0) is 60.8 Å². The molecule has 0 saturated carbocycles. The minimum Gasteiger partial charge on any atom is -0.325 e. The van der Waals surface area contributed by atoms with Crippen LogP contribution in [0.3, 0.4) is 0 Å². The second-order valence-corrected chi connectivity index (χ2v) is 8.27. The van der Waals surface area contributed by atoms with Gasteiger partial charge in [-0.3, -0.25) is 0 Å². The highest BCUT2D eigenvalue weighted by Crippen LogP contribution is 2.32. The Morgan fingerprint density at radius 1 is 1.08 bits per heavy atom. The molecule has 0 aliphatic carbocycles. The fourth-order valence-electron chi connectivity index (χ4n) is 4.01. The van der Waals surface area contributed by atoms with Crippen LogP contribution in [-0.2, 0) is 12.8 Å². The van der Waals surface area contributed by atoms with Crippen molar-refractivity contribution in [1.82, 2.24) is 9.80 Å². The van der Waals surface area contributed by atoms with Crippen molar-refractivity contribution >= 4 is 6.03 Å². The predicted molar refractivity (Wildman–Crippen MR) is 94.6 cm³/mol. The molecular weight excluding hydrogens is 303 g/mol. The molecule has 1 aromatic rings. The highest BCUT2D eigenvalue weighted by atomic mass is 19.1. The molecule has 1 aromatic carbocycles. The zero-order valence-electron chi connectivity index (χ0n) is 15.1. The van der Waals surface area contributed by atoms with E-state index in [1.807, 2.05) is 11.0 Å². The third kappa shape index (κ3) is 3.57. The average Bonchev–Trinajstić information content (AvgIpc) is 2.74. The number of benzene rings is 1. The molecule has 2 aliphatic heterocycles.